The largest absolute Gasteiger partial charge is 0.465 e. The quantitative estimate of drug-likeness (QED) is 0.661. The first-order valence-corrected chi connectivity index (χ1v) is 7.88. The van der Waals surface area contributed by atoms with E-state index >= 15 is 0 Å². The first-order chi connectivity index (χ1) is 10.5. The van der Waals surface area contributed by atoms with Gasteiger partial charge in [0.1, 0.15) is 5.00 Å². The maximum Gasteiger partial charge on any atom is 0.341 e. The molecule has 22 heavy (non-hydrogen) atoms. The normalized spacial score (nSPS) is 10.1. The number of nitrogens with zero attached hydrogens (tertiary/aromatic N) is 1. The zero-order chi connectivity index (χ0) is 16.1. The molecule has 5 nitrogen and oxygen atoms in total. The molecule has 0 aromatic carbocycles. The van der Waals surface area contributed by atoms with Gasteiger partial charge in [0.15, 0.2) is 5.11 Å². The molecule has 116 valence electrons. The molecule has 0 aliphatic rings. The fourth-order valence-corrected chi connectivity index (χ4v) is 3.18. The Bertz CT molecular complexity index is 684. The van der Waals surface area contributed by atoms with Crippen molar-refractivity contribution in [2.45, 2.75) is 20.4 Å². The molecule has 2 aromatic heterocycles. The number of carbonyl (C=O) groups excluding carboxylic acids is 1. The first kappa shape index (κ1) is 16.4. The van der Waals surface area contributed by atoms with E-state index in [2.05, 4.69) is 15.6 Å². The summed E-state index contributed by atoms with van der Waals surface area (Å²) in [6.07, 6.45) is 1.73. The highest BCUT2D eigenvalue weighted by molar-refractivity contribution is 7.80. The second-order valence-corrected chi connectivity index (χ2v) is 6.24. The minimum absolute atomic E-state index is 0.364. The highest BCUT2D eigenvalue weighted by Crippen LogP contribution is 2.32. The van der Waals surface area contributed by atoms with Gasteiger partial charge >= 0.3 is 5.97 Å². The van der Waals surface area contributed by atoms with Gasteiger partial charge in [0.05, 0.1) is 24.9 Å². The average Bonchev–Trinajstić information content (AvgIpc) is 2.80. The number of thiophene rings is 1. The fourth-order valence-electron chi connectivity index (χ4n) is 1.88. The number of aromatic nitrogens is 1. The molecule has 0 aliphatic carbocycles. The van der Waals surface area contributed by atoms with E-state index in [1.165, 1.54) is 18.4 Å². The van der Waals surface area contributed by atoms with Crippen LogP contribution in [-0.4, -0.2) is 23.2 Å². The van der Waals surface area contributed by atoms with E-state index in [-0.39, 0.29) is 5.97 Å². The molecule has 0 spiro atoms. The lowest BCUT2D eigenvalue weighted by molar-refractivity contribution is 0.0601. The first-order valence-electron chi connectivity index (χ1n) is 6.66. The summed E-state index contributed by atoms with van der Waals surface area (Å²) in [7, 11) is 1.37. The summed E-state index contributed by atoms with van der Waals surface area (Å²) in [5.74, 6) is -0.364. The van der Waals surface area contributed by atoms with Gasteiger partial charge < -0.3 is 15.4 Å². The van der Waals surface area contributed by atoms with Gasteiger partial charge in [0, 0.05) is 11.1 Å². The monoisotopic (exact) mass is 335 g/mol. The number of methoxy groups -OCH3 is 1. The second-order valence-electron chi connectivity index (χ2n) is 4.61. The van der Waals surface area contributed by atoms with Crippen LogP contribution in [0.15, 0.2) is 24.4 Å². The van der Waals surface area contributed by atoms with Crippen LogP contribution in [0, 0.1) is 13.8 Å². The van der Waals surface area contributed by atoms with Crippen LogP contribution in [0.4, 0.5) is 5.00 Å². The number of aryl methyl sites for hydroxylation is 1. The number of hydrogen-bond donors (Lipinski definition) is 2. The van der Waals surface area contributed by atoms with Gasteiger partial charge in [-0.1, -0.05) is 6.07 Å². The molecule has 0 fully saturated rings. The Balaban J connectivity index is 2.05. The van der Waals surface area contributed by atoms with Gasteiger partial charge in [-0.25, -0.2) is 4.79 Å². The number of ether oxygens (including phenoxy) is 1. The topological polar surface area (TPSA) is 63.2 Å². The highest BCUT2D eigenvalue weighted by Gasteiger charge is 2.20. The Hall–Kier alpha value is -1.99. The smallest absolute Gasteiger partial charge is 0.341 e. The third-order valence-electron chi connectivity index (χ3n) is 3.16. The number of hydrogen-bond acceptors (Lipinski definition) is 5. The standard InChI is InChI=1S/C15H17N3O2S2/c1-9-10(2)22-13(12(9)14(19)20-3)18-15(21)17-8-11-6-4-5-7-16-11/h4-7H,8H2,1-3H3,(H2,17,18,21). The Morgan fingerprint density at radius 1 is 1.41 bits per heavy atom. The lowest BCUT2D eigenvalue weighted by atomic mass is 10.1. The summed E-state index contributed by atoms with van der Waals surface area (Å²) >= 11 is 6.75. The molecule has 0 bridgehead atoms. The highest BCUT2D eigenvalue weighted by atomic mass is 32.1. The number of esters is 1. The Labute approximate surface area is 138 Å². The van der Waals surface area contributed by atoms with Crippen molar-refractivity contribution in [1.29, 1.82) is 0 Å². The summed E-state index contributed by atoms with van der Waals surface area (Å²) < 4.78 is 4.84. The van der Waals surface area contributed by atoms with Crippen molar-refractivity contribution in [3.63, 3.8) is 0 Å². The van der Waals surface area contributed by atoms with Gasteiger partial charge in [-0.15, -0.1) is 11.3 Å². The molecule has 7 heteroatoms. The lowest BCUT2D eigenvalue weighted by Gasteiger charge is -2.10. The molecular weight excluding hydrogens is 318 g/mol. The molecule has 2 heterocycles. The average molecular weight is 335 g/mol. The molecule has 0 unspecified atom stereocenters. The van der Waals surface area contributed by atoms with E-state index in [1.54, 1.807) is 6.20 Å². The van der Waals surface area contributed by atoms with E-state index in [0.29, 0.717) is 22.2 Å². The molecular formula is C15H17N3O2S2. The van der Waals surface area contributed by atoms with E-state index in [9.17, 15) is 4.79 Å². The molecule has 0 radical (unpaired) electrons. The van der Waals surface area contributed by atoms with Crippen molar-refractivity contribution in [2.24, 2.45) is 0 Å². The number of thiocarbonyl (C=S) groups is 1. The van der Waals surface area contributed by atoms with Crippen LogP contribution < -0.4 is 10.6 Å². The van der Waals surface area contributed by atoms with Crippen LogP contribution in [0.1, 0.15) is 26.5 Å². The molecule has 0 saturated heterocycles. The molecule has 0 saturated carbocycles. The van der Waals surface area contributed by atoms with Gasteiger partial charge in [-0.3, -0.25) is 4.98 Å². The van der Waals surface area contributed by atoms with E-state index in [0.717, 1.165) is 16.1 Å². The van der Waals surface area contributed by atoms with Crippen molar-refractivity contribution < 1.29 is 9.53 Å². The molecule has 2 N–H and O–H groups in total. The van der Waals surface area contributed by atoms with Gasteiger partial charge in [0.25, 0.3) is 0 Å². The summed E-state index contributed by atoms with van der Waals surface area (Å²) in [6.45, 7) is 4.37. The summed E-state index contributed by atoms with van der Waals surface area (Å²) in [5.41, 5.74) is 2.33. The summed E-state index contributed by atoms with van der Waals surface area (Å²) in [4.78, 5) is 17.2. The fraction of sp³-hybridized carbons (Fsp3) is 0.267. The van der Waals surface area contributed by atoms with Crippen LogP contribution >= 0.6 is 23.6 Å². The second kappa shape index (κ2) is 7.33. The summed E-state index contributed by atoms with van der Waals surface area (Å²) in [5, 5.41) is 7.28. The number of nitrogens with one attached hydrogen (secondary N) is 2. The molecule has 2 rings (SSSR count). The zero-order valence-electron chi connectivity index (χ0n) is 12.6. The van der Waals surface area contributed by atoms with Crippen molar-refractivity contribution in [2.75, 3.05) is 12.4 Å². The Morgan fingerprint density at radius 2 is 2.18 bits per heavy atom. The van der Waals surface area contributed by atoms with Crippen molar-refractivity contribution in [3.05, 3.63) is 46.1 Å². The van der Waals surface area contributed by atoms with Crippen LogP contribution in [0.3, 0.4) is 0 Å². The van der Waals surface area contributed by atoms with Gasteiger partial charge in [-0.2, -0.15) is 0 Å². The van der Waals surface area contributed by atoms with Crippen LogP contribution in [0.2, 0.25) is 0 Å². The number of anilines is 1. The van der Waals surface area contributed by atoms with E-state index in [1.807, 2.05) is 32.0 Å². The van der Waals surface area contributed by atoms with Crippen LogP contribution in [0.5, 0.6) is 0 Å². The van der Waals surface area contributed by atoms with Crippen LogP contribution in [-0.2, 0) is 11.3 Å². The minimum atomic E-state index is -0.364. The lowest BCUT2D eigenvalue weighted by Crippen LogP contribution is -2.28. The molecule has 0 amide bonds. The van der Waals surface area contributed by atoms with Gasteiger partial charge in [-0.05, 0) is 43.8 Å². The third-order valence-corrected chi connectivity index (χ3v) is 4.53. The van der Waals surface area contributed by atoms with Crippen molar-refractivity contribution >= 4 is 39.6 Å². The third kappa shape index (κ3) is 3.80. The van der Waals surface area contributed by atoms with Crippen molar-refractivity contribution in [3.8, 4) is 0 Å². The predicted octanol–water partition coefficient (Wildman–Crippen LogP) is 3.03. The number of carbonyl (C=O) groups is 1. The SMILES string of the molecule is COC(=O)c1c(NC(=S)NCc2ccccn2)sc(C)c1C. The maximum absolute atomic E-state index is 11.9. The molecule has 0 aliphatic heterocycles. The molecule has 2 aromatic rings. The number of rotatable bonds is 4. The summed E-state index contributed by atoms with van der Waals surface area (Å²) in [6, 6.07) is 5.69. The number of pyridine rings is 1. The predicted molar refractivity (Wildman–Crippen MR) is 92.4 cm³/mol. The zero-order valence-corrected chi connectivity index (χ0v) is 14.2. The minimum Gasteiger partial charge on any atom is -0.465 e. The Kier molecular flexibility index (Phi) is 5.46. The van der Waals surface area contributed by atoms with Crippen molar-refractivity contribution in [1.82, 2.24) is 10.3 Å². The van der Waals surface area contributed by atoms with Gasteiger partial charge in [0.2, 0.25) is 0 Å². The van der Waals surface area contributed by atoms with E-state index in [4.69, 9.17) is 17.0 Å². The van der Waals surface area contributed by atoms with E-state index < -0.39 is 0 Å². The van der Waals surface area contributed by atoms with Crippen LogP contribution in [0.25, 0.3) is 0 Å². The molecule has 0 atom stereocenters. The maximum atomic E-state index is 11.9. The Morgan fingerprint density at radius 3 is 2.82 bits per heavy atom.